The monoisotopic (exact) mass is 260 g/mol. The lowest BCUT2D eigenvalue weighted by atomic mass is 9.79. The second-order valence-electron chi connectivity index (χ2n) is 4.89. The number of hydrogen-bond acceptors (Lipinski definition) is 5. The number of H-pyrrole nitrogens is 1. The van der Waals surface area contributed by atoms with Crippen molar-refractivity contribution in [3.05, 3.63) is 18.6 Å². The summed E-state index contributed by atoms with van der Waals surface area (Å²) in [4.78, 5) is 25.1. The van der Waals surface area contributed by atoms with Crippen LogP contribution in [0.2, 0.25) is 0 Å². The third-order valence-electron chi connectivity index (χ3n) is 3.86. The highest BCUT2D eigenvalue weighted by Gasteiger charge is 2.38. The summed E-state index contributed by atoms with van der Waals surface area (Å²) in [5, 5.41) is 1.01. The molecule has 1 aliphatic rings. The molecule has 0 aliphatic heterocycles. The number of ether oxygens (including phenoxy) is 1. The third-order valence-corrected chi connectivity index (χ3v) is 3.86. The number of rotatable bonds is 3. The molecule has 1 fully saturated rings. The topological polar surface area (TPSA) is 71.1 Å². The molecule has 6 nitrogen and oxygen atoms in total. The Morgan fingerprint density at radius 1 is 1.47 bits per heavy atom. The molecule has 2 heterocycles. The van der Waals surface area contributed by atoms with Gasteiger partial charge in [0, 0.05) is 19.3 Å². The second kappa shape index (κ2) is 4.53. The first-order valence-electron chi connectivity index (χ1n) is 6.29. The van der Waals surface area contributed by atoms with Crippen molar-refractivity contribution < 1.29 is 9.53 Å². The highest BCUT2D eigenvalue weighted by atomic mass is 16.5. The van der Waals surface area contributed by atoms with Gasteiger partial charge in [-0.25, -0.2) is 9.97 Å². The number of carbonyl (C=O) groups is 1. The number of anilines is 1. The molecule has 0 radical (unpaired) electrons. The number of aromatic nitrogens is 3. The first-order chi connectivity index (χ1) is 9.20. The Morgan fingerprint density at radius 3 is 3.00 bits per heavy atom. The third kappa shape index (κ3) is 1.93. The van der Waals surface area contributed by atoms with Crippen molar-refractivity contribution in [2.24, 2.45) is 5.92 Å². The molecule has 0 atom stereocenters. The van der Waals surface area contributed by atoms with Crippen molar-refractivity contribution in [3.63, 3.8) is 0 Å². The van der Waals surface area contributed by atoms with Crippen LogP contribution in [0.1, 0.15) is 12.8 Å². The summed E-state index contributed by atoms with van der Waals surface area (Å²) in [6.45, 7) is 0. The molecule has 2 aromatic heterocycles. The molecule has 100 valence electrons. The molecule has 6 heteroatoms. The second-order valence-corrected chi connectivity index (χ2v) is 4.89. The maximum absolute atomic E-state index is 11.4. The number of carbonyl (C=O) groups excluding carboxylic acids is 1. The van der Waals surface area contributed by atoms with E-state index < -0.39 is 0 Å². The molecular formula is C13H16N4O2. The Labute approximate surface area is 110 Å². The minimum Gasteiger partial charge on any atom is -0.469 e. The number of nitrogens with zero attached hydrogens (tertiary/aromatic N) is 3. The quantitative estimate of drug-likeness (QED) is 0.843. The molecule has 0 saturated heterocycles. The Morgan fingerprint density at radius 2 is 2.26 bits per heavy atom. The highest BCUT2D eigenvalue weighted by Crippen LogP contribution is 2.35. The van der Waals surface area contributed by atoms with E-state index in [-0.39, 0.29) is 11.9 Å². The largest absolute Gasteiger partial charge is 0.469 e. The highest BCUT2D eigenvalue weighted by molar-refractivity contribution is 5.87. The smallest absolute Gasteiger partial charge is 0.308 e. The van der Waals surface area contributed by atoms with E-state index in [1.807, 2.05) is 19.3 Å². The maximum Gasteiger partial charge on any atom is 0.308 e. The fraction of sp³-hybridized carbons (Fsp3) is 0.462. The van der Waals surface area contributed by atoms with Gasteiger partial charge in [-0.1, -0.05) is 0 Å². The summed E-state index contributed by atoms with van der Waals surface area (Å²) in [5.41, 5.74) is 0.834. The van der Waals surface area contributed by atoms with Crippen molar-refractivity contribution in [3.8, 4) is 0 Å². The van der Waals surface area contributed by atoms with Crippen molar-refractivity contribution in [1.82, 2.24) is 15.0 Å². The van der Waals surface area contributed by atoms with Crippen molar-refractivity contribution >= 4 is 22.8 Å². The van der Waals surface area contributed by atoms with Crippen molar-refractivity contribution in [2.75, 3.05) is 19.1 Å². The summed E-state index contributed by atoms with van der Waals surface area (Å²) < 4.78 is 4.76. The zero-order chi connectivity index (χ0) is 13.4. The lowest BCUT2D eigenvalue weighted by molar-refractivity contribution is -0.148. The zero-order valence-electron chi connectivity index (χ0n) is 11.0. The lowest BCUT2D eigenvalue weighted by Crippen LogP contribution is -2.46. The van der Waals surface area contributed by atoms with Gasteiger partial charge in [-0.3, -0.25) is 4.79 Å². The summed E-state index contributed by atoms with van der Waals surface area (Å²) in [5.74, 6) is 0.819. The van der Waals surface area contributed by atoms with E-state index >= 15 is 0 Å². The predicted octanol–water partition coefficient (Wildman–Crippen LogP) is 1.35. The molecule has 0 amide bonds. The van der Waals surface area contributed by atoms with E-state index in [1.165, 1.54) is 7.11 Å². The van der Waals surface area contributed by atoms with Crippen LogP contribution in [-0.2, 0) is 9.53 Å². The van der Waals surface area contributed by atoms with E-state index in [1.54, 1.807) is 6.33 Å². The van der Waals surface area contributed by atoms with Gasteiger partial charge < -0.3 is 14.6 Å². The van der Waals surface area contributed by atoms with Gasteiger partial charge in [-0.2, -0.15) is 0 Å². The summed E-state index contributed by atoms with van der Waals surface area (Å²) in [6.07, 6.45) is 5.05. The van der Waals surface area contributed by atoms with Crippen LogP contribution < -0.4 is 4.90 Å². The number of aromatic amines is 1. The molecule has 0 aromatic carbocycles. The van der Waals surface area contributed by atoms with Crippen LogP contribution in [0.15, 0.2) is 18.6 Å². The van der Waals surface area contributed by atoms with Gasteiger partial charge in [-0.05, 0) is 18.9 Å². The predicted molar refractivity (Wildman–Crippen MR) is 70.8 cm³/mol. The van der Waals surface area contributed by atoms with Crippen LogP contribution in [0.3, 0.4) is 0 Å². The first kappa shape index (κ1) is 12.0. The standard InChI is InChI=1S/C13H16N4O2/c1-17(9-5-8(6-9)13(18)19-2)12-10-3-4-14-11(10)15-7-16-12/h3-4,7-9H,5-6H2,1-2H3,(H,14,15,16). The van der Waals surface area contributed by atoms with Crippen LogP contribution in [-0.4, -0.2) is 41.1 Å². The molecule has 19 heavy (non-hydrogen) atoms. The van der Waals surface area contributed by atoms with Gasteiger partial charge in [0.15, 0.2) is 0 Å². The fourth-order valence-corrected chi connectivity index (χ4v) is 2.58. The van der Waals surface area contributed by atoms with E-state index in [0.29, 0.717) is 6.04 Å². The molecule has 0 spiro atoms. The summed E-state index contributed by atoms with van der Waals surface area (Å²) in [6, 6.07) is 2.30. The molecular weight excluding hydrogens is 244 g/mol. The number of methoxy groups -OCH3 is 1. The van der Waals surface area contributed by atoms with Crippen LogP contribution >= 0.6 is 0 Å². The van der Waals surface area contributed by atoms with Gasteiger partial charge in [0.1, 0.15) is 17.8 Å². The van der Waals surface area contributed by atoms with Gasteiger partial charge in [-0.15, -0.1) is 0 Å². The Balaban J connectivity index is 1.77. The molecule has 2 aromatic rings. The summed E-state index contributed by atoms with van der Waals surface area (Å²) >= 11 is 0. The van der Waals surface area contributed by atoms with E-state index in [4.69, 9.17) is 4.74 Å². The van der Waals surface area contributed by atoms with Crippen LogP contribution in [0.5, 0.6) is 0 Å². The number of hydrogen-bond donors (Lipinski definition) is 1. The van der Waals surface area contributed by atoms with Crippen LogP contribution in [0, 0.1) is 5.92 Å². The molecule has 0 bridgehead atoms. The minimum atomic E-state index is -0.112. The Hall–Kier alpha value is -2.11. The number of nitrogens with one attached hydrogen (secondary N) is 1. The lowest BCUT2D eigenvalue weighted by Gasteiger charge is -2.40. The Kier molecular flexibility index (Phi) is 2.85. The molecule has 1 aliphatic carbocycles. The van der Waals surface area contributed by atoms with Gasteiger partial charge in [0.25, 0.3) is 0 Å². The van der Waals surface area contributed by atoms with Gasteiger partial charge >= 0.3 is 5.97 Å². The fourth-order valence-electron chi connectivity index (χ4n) is 2.58. The van der Waals surface area contributed by atoms with Crippen LogP contribution in [0.4, 0.5) is 5.82 Å². The minimum absolute atomic E-state index is 0.0287. The molecule has 1 N–H and O–H groups in total. The Bertz CT molecular complexity index is 603. The van der Waals surface area contributed by atoms with Crippen LogP contribution in [0.25, 0.3) is 11.0 Å². The van der Waals surface area contributed by atoms with Gasteiger partial charge in [0.05, 0.1) is 18.4 Å². The average Bonchev–Trinajstić information content (AvgIpc) is 2.84. The summed E-state index contributed by atoms with van der Waals surface area (Å²) in [7, 11) is 3.44. The van der Waals surface area contributed by atoms with Gasteiger partial charge in [0.2, 0.25) is 0 Å². The SMILES string of the molecule is COC(=O)C1CC(N(C)c2ncnc3[nH]ccc23)C1. The van der Waals surface area contributed by atoms with Crippen molar-refractivity contribution in [2.45, 2.75) is 18.9 Å². The molecule has 0 unspecified atom stereocenters. The van der Waals surface area contributed by atoms with E-state index in [0.717, 1.165) is 29.7 Å². The van der Waals surface area contributed by atoms with Crippen molar-refractivity contribution in [1.29, 1.82) is 0 Å². The average molecular weight is 260 g/mol. The molecule has 1 saturated carbocycles. The van der Waals surface area contributed by atoms with E-state index in [9.17, 15) is 4.79 Å². The maximum atomic E-state index is 11.4. The normalized spacial score (nSPS) is 22.0. The first-order valence-corrected chi connectivity index (χ1v) is 6.29. The number of esters is 1. The number of fused-ring (bicyclic) bond motifs is 1. The zero-order valence-corrected chi connectivity index (χ0v) is 11.0. The van der Waals surface area contributed by atoms with E-state index in [2.05, 4.69) is 19.9 Å². The molecule has 3 rings (SSSR count).